The first-order valence-corrected chi connectivity index (χ1v) is 7.95. The number of carbonyl (C=O) groups excluding carboxylic acids is 1. The standard InChI is InChI=1S/C20H16N4O2/c1-13-11-16(26-20-15(12-21)5-3-10-23-20)7-8-18(13)24-19(25)17-6-4-9-22-14(17)2/h3-11H,1-2H3,(H,24,25). The summed E-state index contributed by atoms with van der Waals surface area (Å²) in [6.45, 7) is 3.65. The number of aryl methyl sites for hydroxylation is 2. The summed E-state index contributed by atoms with van der Waals surface area (Å²) in [6.07, 6.45) is 3.21. The van der Waals surface area contributed by atoms with Gasteiger partial charge in [0.25, 0.3) is 5.91 Å². The zero-order valence-electron chi connectivity index (χ0n) is 14.4. The third-order valence-electron chi connectivity index (χ3n) is 3.80. The van der Waals surface area contributed by atoms with Crippen molar-refractivity contribution in [3.05, 3.63) is 77.2 Å². The number of carbonyl (C=O) groups is 1. The summed E-state index contributed by atoms with van der Waals surface area (Å²) in [4.78, 5) is 20.6. The molecule has 0 spiro atoms. The van der Waals surface area contributed by atoms with E-state index in [1.54, 1.807) is 61.8 Å². The molecule has 2 heterocycles. The lowest BCUT2D eigenvalue weighted by atomic mass is 10.1. The Morgan fingerprint density at radius 2 is 1.88 bits per heavy atom. The van der Waals surface area contributed by atoms with Crippen LogP contribution in [0.25, 0.3) is 0 Å². The first kappa shape index (κ1) is 17.1. The third-order valence-corrected chi connectivity index (χ3v) is 3.80. The van der Waals surface area contributed by atoms with Crippen LogP contribution in [0.3, 0.4) is 0 Å². The molecule has 0 fully saturated rings. The van der Waals surface area contributed by atoms with E-state index in [1.807, 2.05) is 13.0 Å². The summed E-state index contributed by atoms with van der Waals surface area (Å²) in [5, 5.41) is 12.0. The van der Waals surface area contributed by atoms with Gasteiger partial charge in [0.2, 0.25) is 5.88 Å². The van der Waals surface area contributed by atoms with E-state index in [1.165, 1.54) is 0 Å². The monoisotopic (exact) mass is 344 g/mol. The number of anilines is 1. The van der Waals surface area contributed by atoms with Crippen LogP contribution in [0.2, 0.25) is 0 Å². The minimum absolute atomic E-state index is 0.219. The minimum atomic E-state index is -0.219. The highest BCUT2D eigenvalue weighted by molar-refractivity contribution is 6.05. The van der Waals surface area contributed by atoms with Crippen molar-refractivity contribution in [1.29, 1.82) is 5.26 Å². The number of aromatic nitrogens is 2. The van der Waals surface area contributed by atoms with Gasteiger partial charge in [-0.15, -0.1) is 0 Å². The molecule has 128 valence electrons. The highest BCUT2D eigenvalue weighted by Crippen LogP contribution is 2.27. The quantitative estimate of drug-likeness (QED) is 0.772. The fourth-order valence-corrected chi connectivity index (χ4v) is 2.42. The van der Waals surface area contributed by atoms with E-state index in [0.29, 0.717) is 28.3 Å². The molecule has 0 saturated heterocycles. The summed E-state index contributed by atoms with van der Waals surface area (Å²) in [5.74, 6) is 0.564. The van der Waals surface area contributed by atoms with E-state index in [9.17, 15) is 4.79 Å². The Morgan fingerprint density at radius 1 is 1.12 bits per heavy atom. The molecular formula is C20H16N4O2. The average molecular weight is 344 g/mol. The van der Waals surface area contributed by atoms with E-state index in [2.05, 4.69) is 15.3 Å². The van der Waals surface area contributed by atoms with Crippen LogP contribution in [-0.2, 0) is 0 Å². The third kappa shape index (κ3) is 3.68. The topological polar surface area (TPSA) is 87.9 Å². The second-order valence-electron chi connectivity index (χ2n) is 5.64. The number of benzene rings is 1. The summed E-state index contributed by atoms with van der Waals surface area (Å²) in [7, 11) is 0. The second-order valence-corrected chi connectivity index (χ2v) is 5.64. The molecule has 0 aliphatic rings. The van der Waals surface area contributed by atoms with Crippen molar-refractivity contribution >= 4 is 11.6 Å². The van der Waals surface area contributed by atoms with Gasteiger partial charge in [-0.05, 0) is 61.9 Å². The molecule has 1 amide bonds. The van der Waals surface area contributed by atoms with Crippen LogP contribution in [0.4, 0.5) is 5.69 Å². The number of hydrogen-bond acceptors (Lipinski definition) is 5. The van der Waals surface area contributed by atoms with Crippen LogP contribution < -0.4 is 10.1 Å². The fraction of sp³-hybridized carbons (Fsp3) is 0.100. The van der Waals surface area contributed by atoms with Crippen molar-refractivity contribution in [2.24, 2.45) is 0 Å². The maximum atomic E-state index is 12.4. The summed E-state index contributed by atoms with van der Waals surface area (Å²) < 4.78 is 5.69. The van der Waals surface area contributed by atoms with Crippen LogP contribution >= 0.6 is 0 Å². The number of nitrogens with zero attached hydrogens (tertiary/aromatic N) is 3. The zero-order chi connectivity index (χ0) is 18.5. The lowest BCUT2D eigenvalue weighted by Gasteiger charge is -2.12. The number of hydrogen-bond donors (Lipinski definition) is 1. The predicted molar refractivity (Wildman–Crippen MR) is 97.1 cm³/mol. The fourth-order valence-electron chi connectivity index (χ4n) is 2.42. The summed E-state index contributed by atoms with van der Waals surface area (Å²) in [6, 6.07) is 14.1. The Labute approximate surface area is 151 Å². The molecule has 0 unspecified atom stereocenters. The second kappa shape index (κ2) is 7.45. The molecule has 3 aromatic rings. The van der Waals surface area contributed by atoms with Gasteiger partial charge in [0, 0.05) is 23.8 Å². The lowest BCUT2D eigenvalue weighted by Crippen LogP contribution is -2.14. The molecule has 0 radical (unpaired) electrons. The predicted octanol–water partition coefficient (Wildman–Crippen LogP) is 4.01. The SMILES string of the molecule is Cc1cc(Oc2ncccc2C#N)ccc1NC(=O)c1cccnc1C. The van der Waals surface area contributed by atoms with Crippen LogP contribution in [0.1, 0.15) is 27.2 Å². The first-order valence-electron chi connectivity index (χ1n) is 7.95. The van der Waals surface area contributed by atoms with Crippen LogP contribution in [0, 0.1) is 25.2 Å². The van der Waals surface area contributed by atoms with Crippen molar-refractivity contribution in [1.82, 2.24) is 9.97 Å². The van der Waals surface area contributed by atoms with Gasteiger partial charge in [-0.25, -0.2) is 4.98 Å². The van der Waals surface area contributed by atoms with Crippen molar-refractivity contribution in [3.8, 4) is 17.7 Å². The molecule has 6 heteroatoms. The molecule has 0 aliphatic carbocycles. The molecule has 6 nitrogen and oxygen atoms in total. The smallest absolute Gasteiger partial charge is 0.257 e. The van der Waals surface area contributed by atoms with E-state index >= 15 is 0 Å². The van der Waals surface area contributed by atoms with Gasteiger partial charge in [-0.3, -0.25) is 9.78 Å². The van der Waals surface area contributed by atoms with Gasteiger partial charge in [0.15, 0.2) is 0 Å². The molecule has 2 aromatic heterocycles. The van der Waals surface area contributed by atoms with Crippen molar-refractivity contribution in [3.63, 3.8) is 0 Å². The van der Waals surface area contributed by atoms with Crippen LogP contribution in [0.5, 0.6) is 11.6 Å². The van der Waals surface area contributed by atoms with E-state index in [0.717, 1.165) is 5.56 Å². The number of ether oxygens (including phenoxy) is 1. The van der Waals surface area contributed by atoms with E-state index < -0.39 is 0 Å². The Kier molecular flexibility index (Phi) is 4.90. The highest BCUT2D eigenvalue weighted by atomic mass is 16.5. The maximum absolute atomic E-state index is 12.4. The number of nitriles is 1. The average Bonchev–Trinajstić information content (AvgIpc) is 2.64. The largest absolute Gasteiger partial charge is 0.438 e. The van der Waals surface area contributed by atoms with Gasteiger partial charge >= 0.3 is 0 Å². The van der Waals surface area contributed by atoms with Gasteiger partial charge < -0.3 is 10.1 Å². The van der Waals surface area contributed by atoms with Gasteiger partial charge in [-0.2, -0.15) is 5.26 Å². The van der Waals surface area contributed by atoms with Gasteiger partial charge in [0.05, 0.1) is 5.56 Å². The van der Waals surface area contributed by atoms with Crippen molar-refractivity contribution in [2.45, 2.75) is 13.8 Å². The van der Waals surface area contributed by atoms with Crippen molar-refractivity contribution < 1.29 is 9.53 Å². The normalized spacial score (nSPS) is 10.0. The van der Waals surface area contributed by atoms with Crippen LogP contribution in [0.15, 0.2) is 54.9 Å². The molecule has 0 bridgehead atoms. The molecule has 0 saturated carbocycles. The zero-order valence-corrected chi connectivity index (χ0v) is 14.4. The highest BCUT2D eigenvalue weighted by Gasteiger charge is 2.12. The summed E-state index contributed by atoms with van der Waals surface area (Å²) in [5.41, 5.74) is 3.05. The van der Waals surface area contributed by atoms with E-state index in [4.69, 9.17) is 10.00 Å². The number of rotatable bonds is 4. The Morgan fingerprint density at radius 3 is 2.62 bits per heavy atom. The van der Waals surface area contributed by atoms with E-state index in [-0.39, 0.29) is 11.8 Å². The number of pyridine rings is 2. The molecule has 1 N–H and O–H groups in total. The Balaban J connectivity index is 1.79. The first-order chi connectivity index (χ1) is 12.6. The molecule has 26 heavy (non-hydrogen) atoms. The minimum Gasteiger partial charge on any atom is -0.438 e. The van der Waals surface area contributed by atoms with Crippen LogP contribution in [-0.4, -0.2) is 15.9 Å². The lowest BCUT2D eigenvalue weighted by molar-refractivity contribution is 0.102. The van der Waals surface area contributed by atoms with Crippen molar-refractivity contribution in [2.75, 3.05) is 5.32 Å². The van der Waals surface area contributed by atoms with Gasteiger partial charge in [0.1, 0.15) is 17.4 Å². The molecular weight excluding hydrogens is 328 g/mol. The van der Waals surface area contributed by atoms with Gasteiger partial charge in [-0.1, -0.05) is 0 Å². The number of amides is 1. The Bertz CT molecular complexity index is 1010. The molecule has 1 aromatic carbocycles. The number of nitrogens with one attached hydrogen (secondary N) is 1. The Hall–Kier alpha value is -3.72. The summed E-state index contributed by atoms with van der Waals surface area (Å²) >= 11 is 0. The maximum Gasteiger partial charge on any atom is 0.257 e. The molecule has 0 aliphatic heterocycles. The molecule has 3 rings (SSSR count). The molecule has 0 atom stereocenters.